The van der Waals surface area contributed by atoms with Crippen molar-refractivity contribution in [2.75, 3.05) is 0 Å². The molecule has 98 valence electrons. The van der Waals surface area contributed by atoms with Crippen LogP contribution in [-0.2, 0) is 6.42 Å². The van der Waals surface area contributed by atoms with E-state index in [9.17, 15) is 9.18 Å². The maximum atomic E-state index is 13.7. The Morgan fingerprint density at radius 3 is 2.53 bits per heavy atom. The van der Waals surface area contributed by atoms with Crippen molar-refractivity contribution in [3.8, 4) is 0 Å². The van der Waals surface area contributed by atoms with E-state index in [-0.39, 0.29) is 18.0 Å². The highest BCUT2D eigenvalue weighted by Gasteiger charge is 2.12. The number of aryl methyl sites for hydroxylation is 2. The highest BCUT2D eigenvalue weighted by molar-refractivity contribution is 9.10. The average molecular weight is 321 g/mol. The molecule has 0 atom stereocenters. The molecule has 0 heterocycles. The molecular formula is C16H14BrFO. The molecule has 19 heavy (non-hydrogen) atoms. The molecule has 2 rings (SSSR count). The number of rotatable bonds is 3. The summed E-state index contributed by atoms with van der Waals surface area (Å²) in [5.41, 5.74) is 3.13. The lowest BCUT2D eigenvalue weighted by Gasteiger charge is -2.07. The van der Waals surface area contributed by atoms with Crippen molar-refractivity contribution in [3.63, 3.8) is 0 Å². The molecule has 0 saturated heterocycles. The van der Waals surface area contributed by atoms with Crippen molar-refractivity contribution in [3.05, 3.63) is 68.9 Å². The second-order valence-corrected chi connectivity index (χ2v) is 5.57. The van der Waals surface area contributed by atoms with E-state index in [0.717, 1.165) is 11.1 Å². The number of hydrogen-bond acceptors (Lipinski definition) is 1. The summed E-state index contributed by atoms with van der Waals surface area (Å²) in [6, 6.07) is 10.4. The van der Waals surface area contributed by atoms with E-state index in [2.05, 4.69) is 15.9 Å². The van der Waals surface area contributed by atoms with Gasteiger partial charge in [-0.3, -0.25) is 4.79 Å². The number of ketones is 1. The van der Waals surface area contributed by atoms with Gasteiger partial charge in [-0.2, -0.15) is 0 Å². The van der Waals surface area contributed by atoms with Gasteiger partial charge in [0.25, 0.3) is 0 Å². The number of benzene rings is 2. The van der Waals surface area contributed by atoms with Crippen LogP contribution in [0.5, 0.6) is 0 Å². The first-order chi connectivity index (χ1) is 8.97. The summed E-state index contributed by atoms with van der Waals surface area (Å²) in [5.74, 6) is -0.411. The topological polar surface area (TPSA) is 17.1 Å². The normalized spacial score (nSPS) is 10.5. The van der Waals surface area contributed by atoms with E-state index in [1.807, 2.05) is 32.0 Å². The Kier molecular flexibility index (Phi) is 4.15. The summed E-state index contributed by atoms with van der Waals surface area (Å²) in [5, 5.41) is 0. The molecule has 0 bridgehead atoms. The van der Waals surface area contributed by atoms with Crippen molar-refractivity contribution in [1.82, 2.24) is 0 Å². The second kappa shape index (κ2) is 5.66. The van der Waals surface area contributed by atoms with Crippen LogP contribution in [0.2, 0.25) is 0 Å². The molecule has 1 nitrogen and oxygen atoms in total. The van der Waals surface area contributed by atoms with Crippen LogP contribution in [-0.4, -0.2) is 5.78 Å². The Labute approximate surface area is 120 Å². The Hall–Kier alpha value is -1.48. The van der Waals surface area contributed by atoms with Crippen LogP contribution < -0.4 is 0 Å². The number of hydrogen-bond donors (Lipinski definition) is 0. The summed E-state index contributed by atoms with van der Waals surface area (Å²) < 4.78 is 14.4. The average Bonchev–Trinajstić information content (AvgIpc) is 2.32. The monoisotopic (exact) mass is 320 g/mol. The zero-order valence-corrected chi connectivity index (χ0v) is 12.4. The van der Waals surface area contributed by atoms with E-state index in [4.69, 9.17) is 0 Å². The maximum Gasteiger partial charge on any atom is 0.167 e. The quantitative estimate of drug-likeness (QED) is 0.753. The van der Waals surface area contributed by atoms with E-state index < -0.39 is 0 Å². The van der Waals surface area contributed by atoms with Gasteiger partial charge in [0.05, 0.1) is 0 Å². The van der Waals surface area contributed by atoms with Gasteiger partial charge in [-0.05, 0) is 37.1 Å². The predicted molar refractivity (Wildman–Crippen MR) is 78.1 cm³/mol. The smallest absolute Gasteiger partial charge is 0.167 e. The van der Waals surface area contributed by atoms with E-state index in [0.29, 0.717) is 15.6 Å². The van der Waals surface area contributed by atoms with Crippen LogP contribution >= 0.6 is 15.9 Å². The number of carbonyl (C=O) groups is 1. The third-order valence-corrected chi connectivity index (χ3v) is 3.54. The van der Waals surface area contributed by atoms with Crippen LogP contribution in [0.25, 0.3) is 0 Å². The lowest BCUT2D eigenvalue weighted by atomic mass is 9.97. The lowest BCUT2D eigenvalue weighted by Crippen LogP contribution is -2.07. The summed E-state index contributed by atoms with van der Waals surface area (Å²) >= 11 is 3.20. The fourth-order valence-corrected chi connectivity index (χ4v) is 2.39. The van der Waals surface area contributed by atoms with Crippen LogP contribution in [0.1, 0.15) is 27.0 Å². The first-order valence-corrected chi connectivity index (χ1v) is 6.81. The second-order valence-electron chi connectivity index (χ2n) is 4.65. The maximum absolute atomic E-state index is 13.7. The fourth-order valence-electron chi connectivity index (χ4n) is 2.06. The van der Waals surface area contributed by atoms with Gasteiger partial charge in [0.15, 0.2) is 5.78 Å². The number of carbonyl (C=O) groups excluding carboxylic acids is 1. The minimum Gasteiger partial charge on any atom is -0.294 e. The van der Waals surface area contributed by atoms with Gasteiger partial charge < -0.3 is 0 Å². The van der Waals surface area contributed by atoms with E-state index in [1.165, 1.54) is 6.07 Å². The van der Waals surface area contributed by atoms with Gasteiger partial charge in [0, 0.05) is 16.5 Å². The summed E-state index contributed by atoms with van der Waals surface area (Å²) in [6.07, 6.45) is 0.0863. The molecule has 0 saturated carbocycles. The zero-order chi connectivity index (χ0) is 14.0. The summed E-state index contributed by atoms with van der Waals surface area (Å²) in [7, 11) is 0. The largest absolute Gasteiger partial charge is 0.294 e. The molecular weight excluding hydrogens is 307 g/mol. The molecule has 0 unspecified atom stereocenters. The SMILES string of the molecule is Cc1ccc(C(=O)Cc2ccc(Br)cc2F)c(C)c1. The number of halogens is 2. The highest BCUT2D eigenvalue weighted by atomic mass is 79.9. The molecule has 0 aliphatic rings. The molecule has 0 aromatic heterocycles. The Bertz CT molecular complexity index is 635. The van der Waals surface area contributed by atoms with E-state index in [1.54, 1.807) is 12.1 Å². The van der Waals surface area contributed by atoms with Crippen LogP contribution in [0.4, 0.5) is 4.39 Å². The fraction of sp³-hybridized carbons (Fsp3) is 0.188. The zero-order valence-electron chi connectivity index (χ0n) is 10.8. The summed E-state index contributed by atoms with van der Waals surface area (Å²) in [6.45, 7) is 3.88. The van der Waals surface area contributed by atoms with Crippen molar-refractivity contribution < 1.29 is 9.18 Å². The molecule has 0 fully saturated rings. The standard InChI is InChI=1S/C16H14BrFO/c1-10-3-6-14(11(2)7-10)16(19)8-12-4-5-13(17)9-15(12)18/h3-7,9H,8H2,1-2H3. The molecule has 3 heteroatoms. The minimum absolute atomic E-state index is 0.0567. The van der Waals surface area contributed by atoms with Crippen LogP contribution in [0.15, 0.2) is 40.9 Å². The summed E-state index contributed by atoms with van der Waals surface area (Å²) in [4.78, 5) is 12.2. The molecule has 0 aliphatic carbocycles. The first kappa shape index (κ1) is 13.9. The van der Waals surface area contributed by atoms with Crippen molar-refractivity contribution in [2.45, 2.75) is 20.3 Å². The van der Waals surface area contributed by atoms with Crippen molar-refractivity contribution in [2.24, 2.45) is 0 Å². The van der Waals surface area contributed by atoms with Gasteiger partial charge in [-0.1, -0.05) is 45.8 Å². The molecule has 0 spiro atoms. The molecule has 0 aliphatic heterocycles. The van der Waals surface area contributed by atoms with Gasteiger partial charge in [0.1, 0.15) is 5.82 Å². The van der Waals surface area contributed by atoms with Gasteiger partial charge in [-0.15, -0.1) is 0 Å². The molecule has 2 aromatic rings. The Balaban J connectivity index is 2.25. The van der Waals surface area contributed by atoms with Gasteiger partial charge in [0.2, 0.25) is 0 Å². The molecule has 0 N–H and O–H groups in total. The van der Waals surface area contributed by atoms with Crippen molar-refractivity contribution in [1.29, 1.82) is 0 Å². The Morgan fingerprint density at radius 1 is 1.16 bits per heavy atom. The first-order valence-electron chi connectivity index (χ1n) is 6.02. The molecule has 2 aromatic carbocycles. The minimum atomic E-state index is -0.354. The lowest BCUT2D eigenvalue weighted by molar-refractivity contribution is 0.0991. The Morgan fingerprint density at radius 2 is 1.89 bits per heavy atom. The highest BCUT2D eigenvalue weighted by Crippen LogP contribution is 2.18. The van der Waals surface area contributed by atoms with Crippen LogP contribution in [0.3, 0.4) is 0 Å². The van der Waals surface area contributed by atoms with Gasteiger partial charge in [-0.25, -0.2) is 4.39 Å². The molecule has 0 amide bonds. The molecule has 0 radical (unpaired) electrons. The van der Waals surface area contributed by atoms with Crippen molar-refractivity contribution >= 4 is 21.7 Å². The predicted octanol–water partition coefficient (Wildman–Crippen LogP) is 4.63. The van der Waals surface area contributed by atoms with E-state index >= 15 is 0 Å². The third-order valence-electron chi connectivity index (χ3n) is 3.05. The number of Topliss-reactive ketones (excluding diaryl/α,β-unsaturated/α-hetero) is 1. The van der Waals surface area contributed by atoms with Crippen LogP contribution in [0, 0.1) is 19.7 Å². The third kappa shape index (κ3) is 3.29. The van der Waals surface area contributed by atoms with Gasteiger partial charge >= 0.3 is 0 Å².